The lowest BCUT2D eigenvalue weighted by Crippen LogP contribution is -2.41. The minimum absolute atomic E-state index is 0.192. The van der Waals surface area contributed by atoms with Gasteiger partial charge in [-0.05, 0) is 17.7 Å². The van der Waals surface area contributed by atoms with Gasteiger partial charge in [0.2, 0.25) is 0 Å². The molecule has 1 unspecified atom stereocenters. The van der Waals surface area contributed by atoms with Crippen LogP contribution in [0.25, 0.3) is 0 Å². The first-order chi connectivity index (χ1) is 9.43. The van der Waals surface area contributed by atoms with Gasteiger partial charge in [0.1, 0.15) is 12.0 Å². The normalized spacial score (nSPS) is 20.3. The van der Waals surface area contributed by atoms with Gasteiger partial charge in [-0.1, -0.05) is 42.5 Å². The van der Waals surface area contributed by atoms with Crippen LogP contribution in [0, 0.1) is 0 Å². The van der Waals surface area contributed by atoms with E-state index in [4.69, 9.17) is 0 Å². The van der Waals surface area contributed by atoms with Gasteiger partial charge in [-0.3, -0.25) is 4.99 Å². The number of nitrogens with zero attached hydrogens (tertiary/aromatic N) is 2. The van der Waals surface area contributed by atoms with E-state index in [9.17, 15) is 0 Å². The highest BCUT2D eigenvalue weighted by Gasteiger charge is 2.33. The Morgan fingerprint density at radius 1 is 1.00 bits per heavy atom. The van der Waals surface area contributed by atoms with E-state index in [2.05, 4.69) is 69.8 Å². The number of aliphatic imine (C=N–C) groups is 1. The summed E-state index contributed by atoms with van der Waals surface area (Å²) in [5, 5.41) is 3.63. The number of para-hydroxylation sites is 1. The fourth-order valence-electron chi connectivity index (χ4n) is 2.88. The van der Waals surface area contributed by atoms with Gasteiger partial charge in [-0.15, -0.1) is 0 Å². The van der Waals surface area contributed by atoms with Crippen molar-refractivity contribution in [1.82, 2.24) is 4.90 Å². The Morgan fingerprint density at radius 3 is 2.68 bits per heavy atom. The minimum Gasteiger partial charge on any atom is -0.361 e. The van der Waals surface area contributed by atoms with Crippen LogP contribution in [-0.2, 0) is 0 Å². The lowest BCUT2D eigenvalue weighted by Gasteiger charge is -2.37. The summed E-state index contributed by atoms with van der Waals surface area (Å²) in [4.78, 5) is 7.04. The molecule has 1 atom stereocenters. The molecule has 2 aliphatic rings. The zero-order chi connectivity index (χ0) is 12.7. The summed E-state index contributed by atoms with van der Waals surface area (Å²) in [6, 6.07) is 19.0. The molecule has 3 nitrogen and oxygen atoms in total. The number of anilines is 1. The third-order valence-corrected chi connectivity index (χ3v) is 3.76. The number of rotatable bonds is 1. The maximum Gasteiger partial charge on any atom is 0.135 e. The van der Waals surface area contributed by atoms with Crippen LogP contribution >= 0.6 is 0 Å². The highest BCUT2D eigenvalue weighted by atomic mass is 15.4. The van der Waals surface area contributed by atoms with E-state index in [1.54, 1.807) is 0 Å². The van der Waals surface area contributed by atoms with E-state index < -0.39 is 0 Å². The number of hydrogen-bond donors (Lipinski definition) is 1. The third-order valence-electron chi connectivity index (χ3n) is 3.76. The SMILES string of the molecule is c1ccc(C2Nc3ccccc3C3=NCCN32)cc1. The molecule has 0 spiro atoms. The van der Waals surface area contributed by atoms with Crippen molar-refractivity contribution in [2.24, 2.45) is 4.99 Å². The standard InChI is InChI=1S/C16H15N3/c1-2-6-12(7-3-1)15-18-14-9-5-4-8-13(14)16-17-10-11-19(15)16/h1-9,15,18H,10-11H2. The lowest BCUT2D eigenvalue weighted by molar-refractivity contribution is 0.370. The molecule has 0 aliphatic carbocycles. The Labute approximate surface area is 112 Å². The van der Waals surface area contributed by atoms with E-state index >= 15 is 0 Å². The van der Waals surface area contributed by atoms with E-state index in [1.165, 1.54) is 16.8 Å². The average Bonchev–Trinajstić information content (AvgIpc) is 2.97. The fourth-order valence-corrected chi connectivity index (χ4v) is 2.88. The van der Waals surface area contributed by atoms with Crippen molar-refractivity contribution in [3.05, 3.63) is 65.7 Å². The van der Waals surface area contributed by atoms with Crippen LogP contribution in [0.1, 0.15) is 17.3 Å². The van der Waals surface area contributed by atoms with Crippen LogP contribution in [0.4, 0.5) is 5.69 Å². The molecule has 0 saturated heterocycles. The molecule has 0 saturated carbocycles. The average molecular weight is 249 g/mol. The van der Waals surface area contributed by atoms with Crippen LogP contribution in [0.5, 0.6) is 0 Å². The van der Waals surface area contributed by atoms with Gasteiger partial charge in [0.25, 0.3) is 0 Å². The molecular weight excluding hydrogens is 234 g/mol. The number of nitrogens with one attached hydrogen (secondary N) is 1. The number of fused-ring (bicyclic) bond motifs is 3. The summed E-state index contributed by atoms with van der Waals surface area (Å²) in [5.74, 6) is 1.13. The molecule has 3 heteroatoms. The predicted octanol–water partition coefficient (Wildman–Crippen LogP) is 2.87. The molecule has 0 aromatic heterocycles. The van der Waals surface area contributed by atoms with E-state index in [-0.39, 0.29) is 6.17 Å². The Bertz CT molecular complexity index is 633. The second-order valence-electron chi connectivity index (χ2n) is 4.90. The Morgan fingerprint density at radius 2 is 1.79 bits per heavy atom. The molecule has 2 heterocycles. The van der Waals surface area contributed by atoms with Crippen LogP contribution in [0.3, 0.4) is 0 Å². The monoisotopic (exact) mass is 249 g/mol. The maximum absolute atomic E-state index is 4.68. The summed E-state index contributed by atoms with van der Waals surface area (Å²) in [7, 11) is 0. The smallest absolute Gasteiger partial charge is 0.135 e. The Hall–Kier alpha value is -2.29. The summed E-state index contributed by atoms with van der Waals surface area (Å²) in [6.07, 6.45) is 0.192. The van der Waals surface area contributed by atoms with Crippen molar-refractivity contribution >= 4 is 11.5 Å². The van der Waals surface area contributed by atoms with Crippen LogP contribution in [0.2, 0.25) is 0 Å². The van der Waals surface area contributed by atoms with Gasteiger partial charge < -0.3 is 10.2 Å². The first-order valence-electron chi connectivity index (χ1n) is 6.65. The second-order valence-corrected chi connectivity index (χ2v) is 4.90. The predicted molar refractivity (Wildman–Crippen MR) is 77.4 cm³/mol. The summed E-state index contributed by atoms with van der Waals surface area (Å²) in [5.41, 5.74) is 3.67. The van der Waals surface area contributed by atoms with Crippen molar-refractivity contribution in [3.8, 4) is 0 Å². The van der Waals surface area contributed by atoms with Crippen LogP contribution < -0.4 is 5.32 Å². The van der Waals surface area contributed by atoms with Crippen molar-refractivity contribution in [2.45, 2.75) is 6.17 Å². The molecule has 19 heavy (non-hydrogen) atoms. The third kappa shape index (κ3) is 1.62. The van der Waals surface area contributed by atoms with Crippen molar-refractivity contribution < 1.29 is 0 Å². The molecule has 0 bridgehead atoms. The molecular formula is C16H15N3. The second kappa shape index (κ2) is 4.12. The molecule has 2 aromatic rings. The first-order valence-corrected chi connectivity index (χ1v) is 6.65. The Balaban J connectivity index is 1.83. The fraction of sp³-hybridized carbons (Fsp3) is 0.188. The zero-order valence-electron chi connectivity index (χ0n) is 10.6. The molecule has 2 aliphatic heterocycles. The van der Waals surface area contributed by atoms with Crippen molar-refractivity contribution in [2.75, 3.05) is 18.4 Å². The number of amidine groups is 1. The van der Waals surface area contributed by atoms with Gasteiger partial charge in [0.05, 0.1) is 6.54 Å². The molecule has 0 radical (unpaired) electrons. The zero-order valence-corrected chi connectivity index (χ0v) is 10.6. The number of benzene rings is 2. The van der Waals surface area contributed by atoms with Crippen molar-refractivity contribution in [3.63, 3.8) is 0 Å². The highest BCUT2D eigenvalue weighted by molar-refractivity contribution is 6.06. The van der Waals surface area contributed by atoms with Gasteiger partial charge in [-0.25, -0.2) is 0 Å². The molecule has 0 fully saturated rings. The topological polar surface area (TPSA) is 27.6 Å². The van der Waals surface area contributed by atoms with E-state index in [0.717, 1.165) is 18.9 Å². The van der Waals surface area contributed by atoms with Crippen LogP contribution in [0.15, 0.2) is 59.6 Å². The molecule has 1 N–H and O–H groups in total. The molecule has 2 aromatic carbocycles. The van der Waals surface area contributed by atoms with Gasteiger partial charge in [-0.2, -0.15) is 0 Å². The highest BCUT2D eigenvalue weighted by Crippen LogP contribution is 2.34. The summed E-state index contributed by atoms with van der Waals surface area (Å²) >= 11 is 0. The lowest BCUT2D eigenvalue weighted by atomic mass is 10.0. The quantitative estimate of drug-likeness (QED) is 0.841. The number of hydrogen-bond acceptors (Lipinski definition) is 3. The summed E-state index contributed by atoms with van der Waals surface area (Å²) < 4.78 is 0. The van der Waals surface area contributed by atoms with E-state index in [1.807, 2.05) is 0 Å². The van der Waals surface area contributed by atoms with Gasteiger partial charge in [0, 0.05) is 17.8 Å². The van der Waals surface area contributed by atoms with Gasteiger partial charge >= 0.3 is 0 Å². The Kier molecular flexibility index (Phi) is 2.30. The summed E-state index contributed by atoms with van der Waals surface area (Å²) in [6.45, 7) is 1.87. The molecule has 4 rings (SSSR count). The molecule has 94 valence electrons. The largest absolute Gasteiger partial charge is 0.361 e. The van der Waals surface area contributed by atoms with E-state index in [0.29, 0.717) is 0 Å². The minimum atomic E-state index is 0.192. The van der Waals surface area contributed by atoms with Crippen molar-refractivity contribution in [1.29, 1.82) is 0 Å². The first kappa shape index (κ1) is 10.6. The molecule has 0 amide bonds. The maximum atomic E-state index is 4.68. The van der Waals surface area contributed by atoms with Gasteiger partial charge in [0.15, 0.2) is 0 Å². The van der Waals surface area contributed by atoms with Crippen LogP contribution in [-0.4, -0.2) is 23.8 Å².